The number of nitrogens with zero attached hydrogens (tertiary/aromatic N) is 2. The molecule has 4 nitrogen and oxygen atoms in total. The van der Waals surface area contributed by atoms with Crippen molar-refractivity contribution in [2.75, 3.05) is 4.90 Å². The van der Waals surface area contributed by atoms with Gasteiger partial charge >= 0.3 is 0 Å². The molecule has 31 heavy (non-hydrogen) atoms. The standard InChI is InChI=1S/C25H36N2O2S2/c1-17-5-7-18(8-6-17)23(28)27(20-15-22(31-16-20)25(2,3)4)19-9-11-21(12-10-19)29-24-26-13-14-30-24/h13-19,21H,5-12H2,1-4H3/t17-,18-,19-,21-. The second-order valence-corrected chi connectivity index (χ2v) is 12.2. The second kappa shape index (κ2) is 9.62. The maximum atomic E-state index is 13.8. The molecular weight excluding hydrogens is 424 g/mol. The molecule has 0 unspecified atom stereocenters. The Balaban J connectivity index is 1.50. The predicted molar refractivity (Wildman–Crippen MR) is 130 cm³/mol. The van der Waals surface area contributed by atoms with Gasteiger partial charge in [0.05, 0.1) is 5.69 Å². The predicted octanol–water partition coefficient (Wildman–Crippen LogP) is 7.05. The minimum Gasteiger partial charge on any atom is -0.467 e. The van der Waals surface area contributed by atoms with E-state index in [-0.39, 0.29) is 23.5 Å². The molecular formula is C25H36N2O2S2. The van der Waals surface area contributed by atoms with Crippen LogP contribution in [0.25, 0.3) is 0 Å². The summed E-state index contributed by atoms with van der Waals surface area (Å²) in [5.74, 6) is 1.29. The quantitative estimate of drug-likeness (QED) is 0.480. The van der Waals surface area contributed by atoms with Crippen LogP contribution in [0.4, 0.5) is 5.69 Å². The Bertz CT molecular complexity index is 839. The molecule has 0 radical (unpaired) electrons. The smallest absolute Gasteiger partial charge is 0.273 e. The number of thiazole rings is 1. The van der Waals surface area contributed by atoms with Gasteiger partial charge in [-0.1, -0.05) is 39.0 Å². The number of anilines is 1. The molecule has 2 aromatic heterocycles. The maximum absolute atomic E-state index is 13.8. The van der Waals surface area contributed by atoms with Crippen LogP contribution in [-0.2, 0) is 10.2 Å². The van der Waals surface area contributed by atoms with Gasteiger partial charge in [0.2, 0.25) is 5.91 Å². The van der Waals surface area contributed by atoms with Gasteiger partial charge in [-0.2, -0.15) is 0 Å². The average molecular weight is 461 g/mol. The number of ether oxygens (including phenoxy) is 1. The van der Waals surface area contributed by atoms with Gasteiger partial charge in [-0.25, -0.2) is 4.98 Å². The number of thiophene rings is 1. The summed E-state index contributed by atoms with van der Waals surface area (Å²) >= 11 is 3.34. The lowest BCUT2D eigenvalue weighted by molar-refractivity contribution is -0.124. The van der Waals surface area contributed by atoms with Gasteiger partial charge in [0, 0.05) is 33.8 Å². The van der Waals surface area contributed by atoms with E-state index >= 15 is 0 Å². The van der Waals surface area contributed by atoms with Crippen LogP contribution in [-0.4, -0.2) is 23.0 Å². The van der Waals surface area contributed by atoms with Crippen molar-refractivity contribution in [2.45, 2.75) is 96.6 Å². The van der Waals surface area contributed by atoms with Crippen LogP contribution < -0.4 is 9.64 Å². The van der Waals surface area contributed by atoms with Crippen LogP contribution in [0.5, 0.6) is 5.19 Å². The monoisotopic (exact) mass is 460 g/mol. The van der Waals surface area contributed by atoms with Crippen molar-refractivity contribution in [3.05, 3.63) is 27.9 Å². The lowest BCUT2D eigenvalue weighted by atomic mass is 9.81. The van der Waals surface area contributed by atoms with E-state index in [9.17, 15) is 4.79 Å². The summed E-state index contributed by atoms with van der Waals surface area (Å²) in [6.45, 7) is 9.06. The van der Waals surface area contributed by atoms with Gasteiger partial charge in [-0.15, -0.1) is 11.3 Å². The second-order valence-electron chi connectivity index (χ2n) is 10.4. The van der Waals surface area contributed by atoms with Gasteiger partial charge in [-0.3, -0.25) is 4.79 Å². The molecule has 0 saturated heterocycles. The third kappa shape index (κ3) is 5.51. The number of carbonyl (C=O) groups is 1. The van der Waals surface area contributed by atoms with E-state index < -0.39 is 0 Å². The fraction of sp³-hybridized carbons (Fsp3) is 0.680. The van der Waals surface area contributed by atoms with Gasteiger partial charge in [-0.05, 0) is 68.8 Å². The molecule has 0 aliphatic heterocycles. The topological polar surface area (TPSA) is 42.4 Å². The lowest BCUT2D eigenvalue weighted by Crippen LogP contribution is -2.47. The van der Waals surface area contributed by atoms with Crippen molar-refractivity contribution in [2.24, 2.45) is 11.8 Å². The van der Waals surface area contributed by atoms with Crippen molar-refractivity contribution >= 4 is 34.3 Å². The first kappa shape index (κ1) is 22.8. The zero-order chi connectivity index (χ0) is 22.0. The average Bonchev–Trinajstić information content (AvgIpc) is 3.42. The molecule has 0 bridgehead atoms. The third-order valence-corrected chi connectivity index (χ3v) is 8.90. The highest BCUT2D eigenvalue weighted by Crippen LogP contribution is 2.39. The number of carbonyl (C=O) groups excluding carboxylic acids is 1. The summed E-state index contributed by atoms with van der Waals surface area (Å²) in [7, 11) is 0. The maximum Gasteiger partial charge on any atom is 0.273 e. The third-order valence-electron chi connectivity index (χ3n) is 6.89. The Morgan fingerprint density at radius 3 is 2.35 bits per heavy atom. The largest absolute Gasteiger partial charge is 0.467 e. The van der Waals surface area contributed by atoms with Crippen molar-refractivity contribution in [1.29, 1.82) is 0 Å². The fourth-order valence-corrected chi connectivity index (χ4v) is 6.42. The van der Waals surface area contributed by atoms with Crippen LogP contribution in [0.15, 0.2) is 23.0 Å². The first-order chi connectivity index (χ1) is 14.8. The molecule has 6 heteroatoms. The molecule has 4 rings (SSSR count). The Labute approximate surface area is 195 Å². The summed E-state index contributed by atoms with van der Waals surface area (Å²) in [5.41, 5.74) is 1.22. The van der Waals surface area contributed by atoms with E-state index in [4.69, 9.17) is 4.74 Å². The Hall–Kier alpha value is -1.40. The van der Waals surface area contributed by atoms with Crippen molar-refractivity contribution in [3.8, 4) is 5.19 Å². The molecule has 0 aromatic carbocycles. The van der Waals surface area contributed by atoms with E-state index in [1.54, 1.807) is 28.9 Å². The van der Waals surface area contributed by atoms with Crippen LogP contribution in [0.3, 0.4) is 0 Å². The first-order valence-electron chi connectivity index (χ1n) is 11.8. The van der Waals surface area contributed by atoms with E-state index in [1.165, 1.54) is 17.7 Å². The Kier molecular flexibility index (Phi) is 7.07. The summed E-state index contributed by atoms with van der Waals surface area (Å²) in [6.07, 6.45) is 10.4. The zero-order valence-electron chi connectivity index (χ0n) is 19.3. The van der Waals surface area contributed by atoms with Crippen LogP contribution in [0, 0.1) is 11.8 Å². The van der Waals surface area contributed by atoms with Crippen molar-refractivity contribution in [3.63, 3.8) is 0 Å². The van der Waals surface area contributed by atoms with Gasteiger partial charge in [0.25, 0.3) is 5.19 Å². The lowest BCUT2D eigenvalue weighted by Gasteiger charge is -2.39. The first-order valence-corrected chi connectivity index (χ1v) is 13.6. The number of amides is 1. The summed E-state index contributed by atoms with van der Waals surface area (Å²) in [6, 6.07) is 2.54. The molecule has 0 atom stereocenters. The van der Waals surface area contributed by atoms with Crippen molar-refractivity contribution in [1.82, 2.24) is 4.98 Å². The highest BCUT2D eigenvalue weighted by molar-refractivity contribution is 7.11. The highest BCUT2D eigenvalue weighted by Gasteiger charge is 2.36. The highest BCUT2D eigenvalue weighted by atomic mass is 32.1. The van der Waals surface area contributed by atoms with Crippen LogP contribution in [0.2, 0.25) is 0 Å². The molecule has 2 fully saturated rings. The van der Waals surface area contributed by atoms with Gasteiger partial charge < -0.3 is 9.64 Å². The molecule has 170 valence electrons. The molecule has 1 amide bonds. The zero-order valence-corrected chi connectivity index (χ0v) is 20.9. The molecule has 0 spiro atoms. The molecule has 2 aliphatic carbocycles. The van der Waals surface area contributed by atoms with Crippen LogP contribution in [0.1, 0.15) is 83.9 Å². The number of hydrogen-bond donors (Lipinski definition) is 0. The SMILES string of the molecule is CC(C)(C)c1cc(N(C(=O)[C@H]2CC[C@H](C)CC2)[C@H]2CC[C@H](Oc3nccs3)CC2)cs1. The summed E-state index contributed by atoms with van der Waals surface area (Å²) in [4.78, 5) is 21.6. The molecule has 2 heterocycles. The summed E-state index contributed by atoms with van der Waals surface area (Å²) in [5, 5.41) is 4.93. The minimum atomic E-state index is 0.108. The number of rotatable bonds is 5. The number of aromatic nitrogens is 1. The van der Waals surface area contributed by atoms with Gasteiger partial charge in [0.15, 0.2) is 0 Å². The van der Waals surface area contributed by atoms with E-state index in [0.717, 1.165) is 55.3 Å². The van der Waals surface area contributed by atoms with Crippen molar-refractivity contribution < 1.29 is 9.53 Å². The van der Waals surface area contributed by atoms with Crippen LogP contribution >= 0.6 is 22.7 Å². The van der Waals surface area contributed by atoms with Gasteiger partial charge in [0.1, 0.15) is 6.10 Å². The molecule has 0 N–H and O–H groups in total. The van der Waals surface area contributed by atoms with E-state index in [2.05, 4.69) is 49.0 Å². The fourth-order valence-electron chi connectivity index (χ4n) is 4.90. The van der Waals surface area contributed by atoms with E-state index in [1.807, 2.05) is 5.38 Å². The Morgan fingerprint density at radius 1 is 1.06 bits per heavy atom. The molecule has 2 aliphatic rings. The molecule has 2 saturated carbocycles. The number of hydrogen-bond acceptors (Lipinski definition) is 5. The normalized spacial score (nSPS) is 27.1. The van der Waals surface area contributed by atoms with E-state index in [0.29, 0.717) is 5.91 Å². The Morgan fingerprint density at radius 2 is 1.77 bits per heavy atom. The minimum absolute atomic E-state index is 0.108. The molecule has 2 aromatic rings. The summed E-state index contributed by atoms with van der Waals surface area (Å²) < 4.78 is 6.07.